The van der Waals surface area contributed by atoms with Crippen LogP contribution in [0.4, 0.5) is 35.9 Å². The summed E-state index contributed by atoms with van der Waals surface area (Å²) in [5.41, 5.74) is 8.59. The Labute approximate surface area is 527 Å². The molecule has 26 heteroatoms. The molecule has 0 spiro atoms. The minimum atomic E-state index is -5.08. The first-order valence-corrected chi connectivity index (χ1v) is 29.2. The summed E-state index contributed by atoms with van der Waals surface area (Å²) < 4.78 is 31.7. The number of aromatic amines is 2. The number of nitrogens with one attached hydrogen (secondary N) is 10. The minimum Gasteiger partial charge on any atom is -0.475 e. The molecule has 0 radical (unpaired) electrons. The van der Waals surface area contributed by atoms with Crippen molar-refractivity contribution in [1.29, 1.82) is 0 Å². The van der Waals surface area contributed by atoms with E-state index in [1.807, 2.05) is 48.5 Å². The number of alkyl halides is 3. The van der Waals surface area contributed by atoms with E-state index in [-0.39, 0.29) is 72.2 Å². The maximum Gasteiger partial charge on any atom is 4.00 e. The molecule has 0 fully saturated rings. The van der Waals surface area contributed by atoms with Gasteiger partial charge in [-0.15, -0.1) is 0 Å². The molecular weight excluding hydrogens is 1230 g/mol. The number of nitrogens with zero attached hydrogens (tertiary/aromatic N) is 10. The van der Waals surface area contributed by atoms with Crippen LogP contribution in [0.1, 0.15) is 111 Å². The first-order chi connectivity index (χ1) is 41.0. The van der Waals surface area contributed by atoms with Crippen molar-refractivity contribution in [2.75, 3.05) is 21.3 Å². The number of rotatable bonds is 12. The van der Waals surface area contributed by atoms with E-state index in [2.05, 4.69) is 188 Å². The number of fused-ring (bicyclic) bond motifs is 20. The van der Waals surface area contributed by atoms with E-state index >= 15 is 0 Å². The Balaban J connectivity index is 0.00000130. The SMILES string of the molecule is CC(C)N=C(Nc1ccc2c(c1)-c1nc-2nc2[nH]c(nc3nc(nc4[nH]c(n1)c1ccc(NC(=NC(C)C)NC(C)C)cc41)-c1ccc(NC(=NC(C)C)NC(C)C)cc1-3)c1ccc(NC(=NC(C)C)NC(C)C)cc21)NC(C)C.O=C(O)C(F)(F)F.[Sn+4]. The molecule has 460 valence electrons. The normalized spacial score (nSPS) is 12.9. The quantitative estimate of drug-likeness (QED) is 0.0308. The van der Waals surface area contributed by atoms with Crippen molar-refractivity contribution in [3.8, 4) is 45.6 Å². The Hall–Kier alpha value is -8.62. The molecule has 4 aromatic carbocycles. The number of anilines is 4. The second-order valence-corrected chi connectivity index (χ2v) is 23.4. The Morgan fingerprint density at radius 3 is 0.909 bits per heavy atom. The summed E-state index contributed by atoms with van der Waals surface area (Å²) in [7, 11) is 0. The summed E-state index contributed by atoms with van der Waals surface area (Å²) in [6.07, 6.45) is -5.08. The van der Waals surface area contributed by atoms with Crippen LogP contribution in [0.5, 0.6) is 0 Å². The third-order valence-electron chi connectivity index (χ3n) is 12.4. The number of guanidine groups is 4. The largest absolute Gasteiger partial charge is 4.00 e. The third-order valence-corrected chi connectivity index (χ3v) is 12.4. The molecule has 0 unspecified atom stereocenters. The van der Waals surface area contributed by atoms with Crippen LogP contribution >= 0.6 is 0 Å². The van der Waals surface area contributed by atoms with Crippen molar-refractivity contribution in [1.82, 2.24) is 61.1 Å². The summed E-state index contributed by atoms with van der Waals surface area (Å²) in [5.74, 6) is 1.77. The molecule has 2 aliphatic heterocycles. The fourth-order valence-electron chi connectivity index (χ4n) is 9.20. The number of aromatic nitrogens is 8. The van der Waals surface area contributed by atoms with E-state index in [1.165, 1.54) is 0 Å². The Bertz CT molecular complexity index is 3730. The molecule has 3 aromatic heterocycles. The average Bonchev–Trinajstić information content (AvgIpc) is 1.76. The van der Waals surface area contributed by atoms with Gasteiger partial charge in [-0.2, -0.15) is 13.2 Å². The van der Waals surface area contributed by atoms with Crippen LogP contribution < -0.4 is 42.5 Å². The molecule has 0 aliphatic carbocycles. The van der Waals surface area contributed by atoms with E-state index in [1.54, 1.807) is 0 Å². The standard InChI is InChI=1S/C60H78N20.C2HF3O2.Sn/c1-29(2)61-57(62-30(3)4)69-37-17-21-41-45(25-37)53-73-49(41)78-54-47-27-39(71-59(65-33(9)10)66-34(11)12)19-23-43(47)51(75-54)80-56-48-28-40(72-60(67-35(13)14)68-36(15)16)20-24-44(48)52(76-56)79-55-46-26-38(18-22-42(46)50(74-55)77-53)70-58(63-31(5)6)64-32(7)8;3-2(4,5)1(6)7;/h17-36H,1-16H3,(H2,61,62,69)(H2,63,64,70)(H2,65,66,71)(H2,67,68,72)(H2,73,74,75,76,77,78,79,80);(H,6,7);/q;;+4. The molecule has 11 N–H and O–H groups in total. The number of carboxylic acid groups (broad SMARTS) is 1. The van der Waals surface area contributed by atoms with Crippen molar-refractivity contribution in [2.45, 2.75) is 165 Å². The van der Waals surface area contributed by atoms with Crippen LogP contribution in [0, 0.1) is 0 Å². The van der Waals surface area contributed by atoms with Gasteiger partial charge in [-0.1, -0.05) is 0 Å². The molecular formula is C62H79F3N20O2Sn+4. The summed E-state index contributed by atoms with van der Waals surface area (Å²) in [6.45, 7) is 33.2. The maximum atomic E-state index is 10.6. The molecule has 0 atom stereocenters. The molecule has 0 amide bonds. The average molecular weight is 1310 g/mol. The van der Waals surface area contributed by atoms with Crippen molar-refractivity contribution in [2.24, 2.45) is 20.0 Å². The van der Waals surface area contributed by atoms with Crippen LogP contribution in [0.3, 0.4) is 0 Å². The Kier molecular flexibility index (Phi) is 21.6. The fourth-order valence-corrected chi connectivity index (χ4v) is 9.20. The van der Waals surface area contributed by atoms with E-state index in [4.69, 9.17) is 59.8 Å². The topological polar surface area (TPSA) is 292 Å². The maximum absolute atomic E-state index is 10.6. The first kappa shape index (κ1) is 66.9. The molecule has 22 nitrogen and oxygen atoms in total. The second kappa shape index (κ2) is 28.5. The third kappa shape index (κ3) is 17.3. The van der Waals surface area contributed by atoms with Gasteiger partial charge in [0.2, 0.25) is 0 Å². The number of carbonyl (C=O) groups is 1. The van der Waals surface area contributed by atoms with Gasteiger partial charge in [-0.05, 0) is 184 Å². The summed E-state index contributed by atoms with van der Waals surface area (Å²) in [6, 6.07) is 25.3. The summed E-state index contributed by atoms with van der Waals surface area (Å²) >= 11 is 0. The van der Waals surface area contributed by atoms with Gasteiger partial charge in [0.15, 0.2) is 47.1 Å². The molecule has 2 aliphatic rings. The fraction of sp³-hybridized carbons (Fsp3) is 0.403. The van der Waals surface area contributed by atoms with Gasteiger partial charge in [0.25, 0.3) is 0 Å². The zero-order valence-electron chi connectivity index (χ0n) is 52.5. The Morgan fingerprint density at radius 1 is 0.398 bits per heavy atom. The van der Waals surface area contributed by atoms with Crippen molar-refractivity contribution >= 4 is 121 Å². The summed E-state index contributed by atoms with van der Waals surface area (Å²) in [5, 5.41) is 38.4. The van der Waals surface area contributed by atoms with Crippen LogP contribution in [0.2, 0.25) is 0 Å². The number of H-pyrrole nitrogens is 2. The van der Waals surface area contributed by atoms with Gasteiger partial charge < -0.3 is 57.6 Å². The number of hydrogen-bond acceptors (Lipinski definition) is 11. The molecule has 8 bridgehead atoms. The van der Waals surface area contributed by atoms with Crippen LogP contribution in [-0.4, -0.2) is 153 Å². The predicted molar refractivity (Wildman–Crippen MR) is 353 cm³/mol. The molecule has 88 heavy (non-hydrogen) atoms. The minimum absolute atomic E-state index is 0. The number of benzene rings is 4. The van der Waals surface area contributed by atoms with Crippen LogP contribution in [0.15, 0.2) is 92.8 Å². The number of aliphatic carboxylic acids is 1. The molecule has 5 heterocycles. The van der Waals surface area contributed by atoms with E-state index < -0.39 is 12.1 Å². The van der Waals surface area contributed by atoms with Crippen molar-refractivity contribution in [3.63, 3.8) is 0 Å². The predicted octanol–water partition coefficient (Wildman–Crippen LogP) is 11.8. The number of halogens is 3. The molecule has 7 aromatic rings. The monoisotopic (exact) mass is 1310 g/mol. The zero-order valence-corrected chi connectivity index (χ0v) is 55.4. The molecule has 0 saturated carbocycles. The molecule has 0 saturated heterocycles. The van der Waals surface area contributed by atoms with Gasteiger partial charge in [0.1, 0.15) is 22.6 Å². The van der Waals surface area contributed by atoms with Crippen molar-refractivity contribution in [3.05, 3.63) is 72.8 Å². The van der Waals surface area contributed by atoms with Gasteiger partial charge >= 0.3 is 36.1 Å². The zero-order chi connectivity index (χ0) is 63.2. The molecule has 9 rings (SSSR count). The van der Waals surface area contributed by atoms with E-state index in [0.29, 0.717) is 69.7 Å². The Morgan fingerprint density at radius 2 is 0.648 bits per heavy atom. The van der Waals surface area contributed by atoms with Gasteiger partial charge in [0.05, 0.1) is 0 Å². The summed E-state index contributed by atoms with van der Waals surface area (Å²) in [4.78, 5) is 67.7. The van der Waals surface area contributed by atoms with Crippen LogP contribution in [0.25, 0.3) is 89.7 Å². The van der Waals surface area contributed by atoms with E-state index in [0.717, 1.165) is 66.5 Å². The number of carboxylic acids is 1. The second-order valence-electron chi connectivity index (χ2n) is 23.4. The number of aliphatic imine (C=N–C) groups is 4. The number of hydrogen-bond donors (Lipinski definition) is 11. The van der Waals surface area contributed by atoms with Gasteiger partial charge in [-0.25, -0.2) is 34.7 Å². The van der Waals surface area contributed by atoms with Crippen LogP contribution in [-0.2, 0) is 4.79 Å². The van der Waals surface area contributed by atoms with Gasteiger partial charge in [0, 0.05) is 115 Å². The smallest absolute Gasteiger partial charge is 0.475 e. The van der Waals surface area contributed by atoms with E-state index in [9.17, 15) is 13.2 Å². The van der Waals surface area contributed by atoms with Gasteiger partial charge in [-0.3, -0.25) is 20.0 Å². The first-order valence-electron chi connectivity index (χ1n) is 29.2. The van der Waals surface area contributed by atoms with Crippen molar-refractivity contribution < 1.29 is 23.1 Å².